The summed E-state index contributed by atoms with van der Waals surface area (Å²) in [4.78, 5) is 73.7. The van der Waals surface area contributed by atoms with Crippen LogP contribution in [0.15, 0.2) is 43.0 Å². The van der Waals surface area contributed by atoms with Gasteiger partial charge in [0.05, 0.1) is 12.4 Å². The van der Waals surface area contributed by atoms with Gasteiger partial charge in [-0.05, 0) is 37.3 Å². The highest BCUT2D eigenvalue weighted by Crippen LogP contribution is 2.22. The largest absolute Gasteiger partial charge is 0.481 e. The predicted octanol–water partition coefficient (Wildman–Crippen LogP) is -0.0865. The molecule has 41 heavy (non-hydrogen) atoms. The van der Waals surface area contributed by atoms with Crippen LogP contribution in [0.1, 0.15) is 36.9 Å². The van der Waals surface area contributed by atoms with E-state index in [1.54, 1.807) is 0 Å². The Hall–Kier alpha value is -4.72. The van der Waals surface area contributed by atoms with Gasteiger partial charge in [0, 0.05) is 48.4 Å². The van der Waals surface area contributed by atoms with Gasteiger partial charge in [-0.15, -0.1) is 0 Å². The zero-order chi connectivity index (χ0) is 29.5. The molecule has 0 aliphatic carbocycles. The Bertz CT molecular complexity index is 1400. The monoisotopic (exact) mass is 567 g/mol. The molecular weight excluding hydrogens is 534 g/mol. The highest BCUT2D eigenvalue weighted by molar-refractivity contribution is 5.95. The first kappa shape index (κ1) is 29.3. The van der Waals surface area contributed by atoms with E-state index in [2.05, 4.69) is 25.6 Å². The van der Waals surface area contributed by atoms with Crippen molar-refractivity contribution >= 4 is 40.6 Å². The normalized spacial score (nSPS) is 17.1. The Labute approximate surface area is 234 Å². The van der Waals surface area contributed by atoms with Gasteiger partial charge >= 0.3 is 11.9 Å². The van der Waals surface area contributed by atoms with Crippen molar-refractivity contribution in [2.24, 2.45) is 5.73 Å². The Morgan fingerprint density at radius 2 is 1.85 bits per heavy atom. The summed E-state index contributed by atoms with van der Waals surface area (Å²) in [7, 11) is 0. The molecule has 3 amide bonds. The predicted molar refractivity (Wildman–Crippen MR) is 145 cm³/mol. The van der Waals surface area contributed by atoms with Crippen LogP contribution < -0.4 is 16.4 Å². The van der Waals surface area contributed by atoms with E-state index in [4.69, 9.17) is 10.8 Å². The number of hydrogen-bond acceptors (Lipinski definition) is 7. The number of carbonyl (C=O) groups is 5. The second kappa shape index (κ2) is 13.1. The van der Waals surface area contributed by atoms with Gasteiger partial charge in [-0.25, -0.2) is 9.78 Å². The molecule has 1 aliphatic heterocycles. The van der Waals surface area contributed by atoms with Gasteiger partial charge in [0.2, 0.25) is 17.7 Å². The van der Waals surface area contributed by atoms with Crippen LogP contribution >= 0.6 is 0 Å². The number of rotatable bonds is 13. The maximum absolute atomic E-state index is 13.4. The second-order valence-corrected chi connectivity index (χ2v) is 10.0. The summed E-state index contributed by atoms with van der Waals surface area (Å²) >= 11 is 0. The lowest BCUT2D eigenvalue weighted by Gasteiger charge is -2.28. The fourth-order valence-electron chi connectivity index (χ4n) is 5.03. The molecule has 3 aromatic rings. The average molecular weight is 568 g/mol. The van der Waals surface area contributed by atoms with Crippen LogP contribution in [0.3, 0.4) is 0 Å². The van der Waals surface area contributed by atoms with Gasteiger partial charge in [-0.3, -0.25) is 19.2 Å². The topological polar surface area (TPSA) is 224 Å². The molecule has 0 bridgehead atoms. The number of H-pyrrole nitrogens is 2. The van der Waals surface area contributed by atoms with Crippen molar-refractivity contribution in [3.63, 3.8) is 0 Å². The van der Waals surface area contributed by atoms with E-state index in [-0.39, 0.29) is 25.2 Å². The van der Waals surface area contributed by atoms with E-state index < -0.39 is 54.3 Å². The minimum atomic E-state index is -1.47. The van der Waals surface area contributed by atoms with Crippen LogP contribution in [0.5, 0.6) is 0 Å². The van der Waals surface area contributed by atoms with Gasteiger partial charge in [-0.2, -0.15) is 0 Å². The number of aliphatic carboxylic acids is 2. The Kier molecular flexibility index (Phi) is 9.34. The number of nitrogens with one attached hydrogen (secondary N) is 4. The van der Waals surface area contributed by atoms with Crippen molar-refractivity contribution in [3.8, 4) is 0 Å². The number of aromatic nitrogens is 3. The molecule has 4 unspecified atom stereocenters. The van der Waals surface area contributed by atoms with Crippen LogP contribution in [0.4, 0.5) is 0 Å². The van der Waals surface area contributed by atoms with Crippen molar-refractivity contribution in [2.45, 2.75) is 62.7 Å². The summed E-state index contributed by atoms with van der Waals surface area (Å²) in [6.45, 7) is 0.326. The summed E-state index contributed by atoms with van der Waals surface area (Å²) < 4.78 is 0. The number of likely N-dealkylation sites (tertiary alicyclic amines) is 1. The molecule has 2 aromatic heterocycles. The molecule has 0 saturated carbocycles. The molecule has 14 nitrogen and oxygen atoms in total. The molecule has 14 heteroatoms. The number of hydrogen-bond donors (Lipinski definition) is 7. The maximum atomic E-state index is 13.4. The van der Waals surface area contributed by atoms with Gasteiger partial charge in [0.25, 0.3) is 0 Å². The number of imidazole rings is 1. The number of carbonyl (C=O) groups excluding carboxylic acids is 3. The minimum absolute atomic E-state index is 0.0381. The van der Waals surface area contributed by atoms with Crippen LogP contribution in [-0.2, 0) is 36.8 Å². The Balaban J connectivity index is 1.44. The summed E-state index contributed by atoms with van der Waals surface area (Å²) in [5, 5.41) is 24.3. The Morgan fingerprint density at radius 3 is 2.56 bits per heavy atom. The van der Waals surface area contributed by atoms with E-state index in [9.17, 15) is 29.1 Å². The molecule has 1 aromatic carbocycles. The Morgan fingerprint density at radius 1 is 1.07 bits per heavy atom. The van der Waals surface area contributed by atoms with Crippen molar-refractivity contribution in [2.75, 3.05) is 6.54 Å². The molecule has 0 radical (unpaired) electrons. The zero-order valence-electron chi connectivity index (χ0n) is 22.2. The third kappa shape index (κ3) is 7.28. The van der Waals surface area contributed by atoms with Crippen molar-refractivity contribution < 1.29 is 34.2 Å². The quantitative estimate of drug-likeness (QED) is 0.146. The molecule has 1 fully saturated rings. The zero-order valence-corrected chi connectivity index (χ0v) is 22.2. The third-order valence-corrected chi connectivity index (χ3v) is 7.14. The molecule has 1 aliphatic rings. The number of fused-ring (bicyclic) bond motifs is 1. The lowest BCUT2D eigenvalue weighted by molar-refractivity contribution is -0.144. The molecule has 1 saturated heterocycles. The number of benzene rings is 1. The third-order valence-electron chi connectivity index (χ3n) is 7.14. The number of amides is 3. The number of nitrogens with zero attached hydrogens (tertiary/aromatic N) is 2. The molecule has 4 rings (SSSR count). The highest BCUT2D eigenvalue weighted by atomic mass is 16.4. The number of aromatic amines is 2. The van der Waals surface area contributed by atoms with Gasteiger partial charge in [0.1, 0.15) is 18.1 Å². The fraction of sp³-hybridized carbons (Fsp3) is 0.407. The van der Waals surface area contributed by atoms with Gasteiger partial charge in [-0.1, -0.05) is 18.2 Å². The van der Waals surface area contributed by atoms with Crippen LogP contribution in [0.25, 0.3) is 10.9 Å². The number of carboxylic acid groups (broad SMARTS) is 2. The summed E-state index contributed by atoms with van der Waals surface area (Å²) in [6, 6.07) is 3.22. The smallest absolute Gasteiger partial charge is 0.326 e. The first-order valence-corrected chi connectivity index (χ1v) is 13.3. The van der Waals surface area contributed by atoms with E-state index in [0.717, 1.165) is 16.5 Å². The first-order valence-electron chi connectivity index (χ1n) is 13.3. The molecule has 3 heterocycles. The van der Waals surface area contributed by atoms with Crippen molar-refractivity contribution in [1.29, 1.82) is 0 Å². The van der Waals surface area contributed by atoms with Crippen molar-refractivity contribution in [3.05, 3.63) is 54.2 Å². The molecule has 8 N–H and O–H groups in total. The lowest BCUT2D eigenvalue weighted by Crippen LogP contribution is -2.57. The second-order valence-electron chi connectivity index (χ2n) is 10.0. The number of para-hydroxylation sites is 1. The number of carboxylic acids is 2. The molecule has 4 atom stereocenters. The average Bonchev–Trinajstić information content (AvgIpc) is 3.71. The van der Waals surface area contributed by atoms with E-state index >= 15 is 0 Å². The SMILES string of the molecule is NC(Cc1c[nH]c2ccccc12)C(=O)N1CCCC1C(=O)NC(Cc1cnc[nH]1)C(=O)NC(CCC(=O)O)C(=O)O. The molecule has 218 valence electrons. The van der Waals surface area contributed by atoms with Gasteiger partial charge in [0.15, 0.2) is 0 Å². The summed E-state index contributed by atoms with van der Waals surface area (Å²) in [5.41, 5.74) is 8.62. The summed E-state index contributed by atoms with van der Waals surface area (Å²) in [5.74, 6) is -4.38. The van der Waals surface area contributed by atoms with Gasteiger partial charge < -0.3 is 41.4 Å². The first-order chi connectivity index (χ1) is 19.6. The van der Waals surface area contributed by atoms with E-state index in [0.29, 0.717) is 25.1 Å². The van der Waals surface area contributed by atoms with Crippen LogP contribution in [0.2, 0.25) is 0 Å². The number of nitrogens with two attached hydrogens (primary N) is 1. The lowest BCUT2D eigenvalue weighted by atomic mass is 10.0. The van der Waals surface area contributed by atoms with Crippen molar-refractivity contribution in [1.82, 2.24) is 30.5 Å². The standard InChI is InChI=1S/C27H33N7O7/c28-18(10-15-12-30-19-5-2-1-4-17(15)19)26(39)34-9-3-6-22(34)25(38)33-21(11-16-13-29-14-31-16)24(37)32-20(27(40)41)7-8-23(35)36/h1-2,4-5,12-14,18,20-22,30H,3,6-11,28H2,(H,29,31)(H,32,37)(H,33,38)(H,35,36)(H,40,41). The van der Waals surface area contributed by atoms with Crippen LogP contribution in [-0.4, -0.2) is 90.4 Å². The minimum Gasteiger partial charge on any atom is -0.481 e. The van der Waals surface area contributed by atoms with Crippen LogP contribution in [0, 0.1) is 0 Å². The maximum Gasteiger partial charge on any atom is 0.326 e. The highest BCUT2D eigenvalue weighted by Gasteiger charge is 2.38. The van der Waals surface area contributed by atoms with E-state index in [1.165, 1.54) is 17.4 Å². The molecule has 0 spiro atoms. The summed E-state index contributed by atoms with van der Waals surface area (Å²) in [6.07, 6.45) is 5.03. The fourth-order valence-corrected chi connectivity index (χ4v) is 5.03. The van der Waals surface area contributed by atoms with E-state index in [1.807, 2.05) is 30.5 Å². The molecular formula is C27H33N7O7.